The first-order valence-electron chi connectivity index (χ1n) is 6.79. The number of rotatable bonds is 4. The lowest BCUT2D eigenvalue weighted by Crippen LogP contribution is -2.29. The molecular weight excluding hydrogens is 226 g/mol. The Labute approximate surface area is 109 Å². The summed E-state index contributed by atoms with van der Waals surface area (Å²) in [6.45, 7) is 7.44. The standard InChI is InChI=1S/C13H23N5/c1-3-5-15-12-10-14-11-13(16-12)18-7-4-6-17(2)8-9-18/h10-11H,3-9H2,1-2H3,(H,15,16). The normalized spacial score (nSPS) is 17.6. The van der Waals surface area contributed by atoms with E-state index in [1.165, 1.54) is 6.42 Å². The molecule has 1 N–H and O–H groups in total. The molecule has 1 aliphatic rings. The average Bonchev–Trinajstić information content (AvgIpc) is 2.61. The summed E-state index contributed by atoms with van der Waals surface area (Å²) < 4.78 is 0. The van der Waals surface area contributed by atoms with Crippen molar-refractivity contribution in [2.45, 2.75) is 19.8 Å². The molecule has 5 heteroatoms. The van der Waals surface area contributed by atoms with Crippen LogP contribution in [0.5, 0.6) is 0 Å². The minimum atomic E-state index is 0.881. The van der Waals surface area contributed by atoms with E-state index in [-0.39, 0.29) is 0 Å². The zero-order valence-electron chi connectivity index (χ0n) is 11.4. The van der Waals surface area contributed by atoms with Crippen molar-refractivity contribution < 1.29 is 0 Å². The summed E-state index contributed by atoms with van der Waals surface area (Å²) in [4.78, 5) is 13.6. The molecule has 2 rings (SSSR count). The molecule has 1 aromatic rings. The molecule has 0 saturated carbocycles. The van der Waals surface area contributed by atoms with Gasteiger partial charge in [0.1, 0.15) is 11.6 Å². The Morgan fingerprint density at radius 1 is 1.22 bits per heavy atom. The molecule has 5 nitrogen and oxygen atoms in total. The zero-order chi connectivity index (χ0) is 12.8. The molecule has 0 amide bonds. The summed E-state index contributed by atoms with van der Waals surface area (Å²) in [6, 6.07) is 0. The van der Waals surface area contributed by atoms with Gasteiger partial charge in [0.25, 0.3) is 0 Å². The molecule has 0 bridgehead atoms. The SMILES string of the molecule is CCCNc1cncc(N2CCCN(C)CC2)n1. The number of likely N-dealkylation sites (N-methyl/N-ethyl adjacent to an activating group) is 1. The zero-order valence-corrected chi connectivity index (χ0v) is 11.4. The van der Waals surface area contributed by atoms with E-state index in [1.54, 1.807) is 6.20 Å². The molecule has 0 radical (unpaired) electrons. The minimum Gasteiger partial charge on any atom is -0.369 e. The summed E-state index contributed by atoms with van der Waals surface area (Å²) in [7, 11) is 2.18. The topological polar surface area (TPSA) is 44.3 Å². The van der Waals surface area contributed by atoms with Crippen LogP contribution in [-0.2, 0) is 0 Å². The second kappa shape index (κ2) is 6.54. The molecule has 18 heavy (non-hydrogen) atoms. The van der Waals surface area contributed by atoms with Crippen LogP contribution in [0.2, 0.25) is 0 Å². The van der Waals surface area contributed by atoms with Gasteiger partial charge in [-0.15, -0.1) is 0 Å². The molecule has 1 fully saturated rings. The van der Waals surface area contributed by atoms with Crippen LogP contribution in [0, 0.1) is 0 Å². The Balaban J connectivity index is 2.02. The molecule has 1 aliphatic heterocycles. The third-order valence-electron chi connectivity index (χ3n) is 3.22. The summed E-state index contributed by atoms with van der Waals surface area (Å²) >= 11 is 0. The van der Waals surface area contributed by atoms with Gasteiger partial charge < -0.3 is 15.1 Å². The molecular formula is C13H23N5. The Hall–Kier alpha value is -1.36. The van der Waals surface area contributed by atoms with Crippen molar-refractivity contribution in [1.29, 1.82) is 0 Å². The van der Waals surface area contributed by atoms with Crippen molar-refractivity contribution in [2.24, 2.45) is 0 Å². The number of aromatic nitrogens is 2. The van der Waals surface area contributed by atoms with Crippen molar-refractivity contribution in [1.82, 2.24) is 14.9 Å². The van der Waals surface area contributed by atoms with Crippen molar-refractivity contribution in [3.05, 3.63) is 12.4 Å². The van der Waals surface area contributed by atoms with Crippen LogP contribution in [0.3, 0.4) is 0 Å². The molecule has 0 unspecified atom stereocenters. The van der Waals surface area contributed by atoms with Crippen molar-refractivity contribution in [3.8, 4) is 0 Å². The largest absolute Gasteiger partial charge is 0.369 e. The van der Waals surface area contributed by atoms with E-state index in [4.69, 9.17) is 0 Å². The van der Waals surface area contributed by atoms with E-state index in [2.05, 4.69) is 39.1 Å². The van der Waals surface area contributed by atoms with Crippen LogP contribution in [0.15, 0.2) is 12.4 Å². The third-order valence-corrected chi connectivity index (χ3v) is 3.22. The van der Waals surface area contributed by atoms with Gasteiger partial charge in [-0.05, 0) is 26.4 Å². The highest BCUT2D eigenvalue weighted by atomic mass is 15.3. The van der Waals surface area contributed by atoms with Gasteiger partial charge in [-0.2, -0.15) is 0 Å². The highest BCUT2D eigenvalue weighted by Gasteiger charge is 2.14. The number of hydrogen-bond donors (Lipinski definition) is 1. The van der Waals surface area contributed by atoms with E-state index in [0.29, 0.717) is 0 Å². The second-order valence-corrected chi connectivity index (χ2v) is 4.83. The molecule has 0 atom stereocenters. The van der Waals surface area contributed by atoms with Gasteiger partial charge in [0, 0.05) is 26.2 Å². The number of hydrogen-bond acceptors (Lipinski definition) is 5. The maximum Gasteiger partial charge on any atom is 0.149 e. The minimum absolute atomic E-state index is 0.881. The predicted molar refractivity (Wildman–Crippen MR) is 75.1 cm³/mol. The first-order valence-corrected chi connectivity index (χ1v) is 6.79. The lowest BCUT2D eigenvalue weighted by molar-refractivity contribution is 0.360. The maximum atomic E-state index is 4.63. The Morgan fingerprint density at radius 3 is 2.94 bits per heavy atom. The highest BCUT2D eigenvalue weighted by Crippen LogP contribution is 2.14. The van der Waals surface area contributed by atoms with Gasteiger partial charge in [-0.3, -0.25) is 4.98 Å². The fourth-order valence-corrected chi connectivity index (χ4v) is 2.12. The fourth-order valence-electron chi connectivity index (χ4n) is 2.12. The van der Waals surface area contributed by atoms with Crippen LogP contribution in [0.25, 0.3) is 0 Å². The first-order chi connectivity index (χ1) is 8.79. The molecule has 0 spiro atoms. The Kier molecular flexibility index (Phi) is 4.75. The summed E-state index contributed by atoms with van der Waals surface area (Å²) in [5.74, 6) is 1.87. The molecule has 100 valence electrons. The van der Waals surface area contributed by atoms with E-state index >= 15 is 0 Å². The monoisotopic (exact) mass is 249 g/mol. The van der Waals surface area contributed by atoms with Crippen LogP contribution in [0.4, 0.5) is 11.6 Å². The Bertz CT molecular complexity index is 368. The Morgan fingerprint density at radius 2 is 2.11 bits per heavy atom. The van der Waals surface area contributed by atoms with E-state index < -0.39 is 0 Å². The summed E-state index contributed by atoms with van der Waals surface area (Å²) in [5, 5.41) is 3.29. The maximum absolute atomic E-state index is 4.63. The van der Waals surface area contributed by atoms with Gasteiger partial charge in [0.2, 0.25) is 0 Å². The molecule has 0 aromatic carbocycles. The van der Waals surface area contributed by atoms with Gasteiger partial charge in [0.05, 0.1) is 12.4 Å². The number of nitrogens with zero attached hydrogens (tertiary/aromatic N) is 4. The molecule has 0 aliphatic carbocycles. The fraction of sp³-hybridized carbons (Fsp3) is 0.692. The van der Waals surface area contributed by atoms with E-state index in [1.807, 2.05) is 6.20 Å². The molecule has 2 heterocycles. The average molecular weight is 249 g/mol. The lowest BCUT2D eigenvalue weighted by Gasteiger charge is -2.21. The molecule has 1 aromatic heterocycles. The quantitative estimate of drug-likeness (QED) is 0.875. The first kappa shape index (κ1) is 13.1. The van der Waals surface area contributed by atoms with Gasteiger partial charge in [0.15, 0.2) is 0 Å². The predicted octanol–water partition coefficient (Wildman–Crippen LogP) is 1.44. The van der Waals surface area contributed by atoms with Gasteiger partial charge >= 0.3 is 0 Å². The van der Waals surface area contributed by atoms with Crippen molar-refractivity contribution in [3.63, 3.8) is 0 Å². The van der Waals surface area contributed by atoms with E-state index in [0.717, 1.165) is 50.8 Å². The van der Waals surface area contributed by atoms with Crippen LogP contribution >= 0.6 is 0 Å². The van der Waals surface area contributed by atoms with E-state index in [9.17, 15) is 0 Å². The summed E-state index contributed by atoms with van der Waals surface area (Å²) in [5.41, 5.74) is 0. The third kappa shape index (κ3) is 3.57. The lowest BCUT2D eigenvalue weighted by atomic mass is 10.4. The molecule has 1 saturated heterocycles. The van der Waals surface area contributed by atoms with Crippen LogP contribution in [-0.4, -0.2) is 54.6 Å². The smallest absolute Gasteiger partial charge is 0.149 e. The number of nitrogens with one attached hydrogen (secondary N) is 1. The number of anilines is 2. The van der Waals surface area contributed by atoms with Gasteiger partial charge in [-0.25, -0.2) is 4.98 Å². The summed E-state index contributed by atoms with van der Waals surface area (Å²) in [6.07, 6.45) is 5.94. The van der Waals surface area contributed by atoms with Crippen LogP contribution < -0.4 is 10.2 Å². The highest BCUT2D eigenvalue weighted by molar-refractivity contribution is 5.43. The van der Waals surface area contributed by atoms with Crippen LogP contribution in [0.1, 0.15) is 19.8 Å². The second-order valence-electron chi connectivity index (χ2n) is 4.83. The van der Waals surface area contributed by atoms with Crippen molar-refractivity contribution >= 4 is 11.6 Å². The van der Waals surface area contributed by atoms with Gasteiger partial charge in [-0.1, -0.05) is 6.92 Å². The van der Waals surface area contributed by atoms with Crippen molar-refractivity contribution in [2.75, 3.05) is 50.0 Å².